The van der Waals surface area contributed by atoms with Crippen molar-refractivity contribution < 1.29 is 22.7 Å². The van der Waals surface area contributed by atoms with Gasteiger partial charge in [-0.05, 0) is 29.7 Å². The molecule has 3 aromatic carbocycles. The van der Waals surface area contributed by atoms with Crippen LogP contribution in [0.15, 0.2) is 64.9 Å². The molecule has 0 saturated carbocycles. The van der Waals surface area contributed by atoms with Crippen LogP contribution in [0.1, 0.15) is 0 Å². The second-order valence-corrected chi connectivity index (χ2v) is 9.98. The van der Waals surface area contributed by atoms with Crippen LogP contribution in [0, 0.1) is 0 Å². The number of nitrogens with one attached hydrogen (secondary N) is 1. The van der Waals surface area contributed by atoms with Crippen LogP contribution < -0.4 is 19.1 Å². The van der Waals surface area contributed by atoms with E-state index in [2.05, 4.69) is 10.3 Å². The summed E-state index contributed by atoms with van der Waals surface area (Å²) in [7, 11) is -0.680. The average molecular weight is 482 g/mol. The van der Waals surface area contributed by atoms with E-state index in [4.69, 9.17) is 9.47 Å². The average Bonchev–Trinajstić information content (AvgIpc) is 3.36. The van der Waals surface area contributed by atoms with Crippen molar-refractivity contribution >= 4 is 48.9 Å². The fourth-order valence-electron chi connectivity index (χ4n) is 3.88. The van der Waals surface area contributed by atoms with E-state index in [-0.39, 0.29) is 11.4 Å². The van der Waals surface area contributed by atoms with Crippen molar-refractivity contribution in [3.63, 3.8) is 0 Å². The number of anilines is 2. The fourth-order valence-corrected chi connectivity index (χ4v) is 6.28. The third kappa shape index (κ3) is 3.57. The summed E-state index contributed by atoms with van der Waals surface area (Å²) in [5, 5.41) is 6.32. The van der Waals surface area contributed by atoms with E-state index in [1.54, 1.807) is 56.0 Å². The summed E-state index contributed by atoms with van der Waals surface area (Å²) in [4.78, 5) is 17.5. The van der Waals surface area contributed by atoms with Crippen LogP contribution in [-0.2, 0) is 14.8 Å². The maximum atomic E-state index is 13.1. The van der Waals surface area contributed by atoms with Crippen LogP contribution in [0.5, 0.6) is 11.5 Å². The molecule has 10 heteroatoms. The van der Waals surface area contributed by atoms with Crippen molar-refractivity contribution in [3.05, 3.63) is 60.0 Å². The van der Waals surface area contributed by atoms with Gasteiger partial charge in [0, 0.05) is 22.4 Å². The van der Waals surface area contributed by atoms with Gasteiger partial charge in [-0.2, -0.15) is 0 Å². The van der Waals surface area contributed by atoms with E-state index in [0.717, 1.165) is 15.3 Å². The van der Waals surface area contributed by atoms with Crippen molar-refractivity contribution in [1.82, 2.24) is 4.98 Å². The third-order valence-corrected chi connectivity index (χ3v) is 7.96. The predicted octanol–water partition coefficient (Wildman–Crippen LogP) is 4.13. The number of carbonyl (C=O) groups excluding carboxylic acids is 1. The van der Waals surface area contributed by atoms with E-state index in [1.165, 1.54) is 11.3 Å². The number of amides is 1. The highest BCUT2D eigenvalue weighted by Gasteiger charge is 2.36. The van der Waals surface area contributed by atoms with Gasteiger partial charge in [0.2, 0.25) is 5.91 Å². The topological polar surface area (TPSA) is 97.8 Å². The summed E-state index contributed by atoms with van der Waals surface area (Å²) >= 11 is 1.24. The van der Waals surface area contributed by atoms with Gasteiger partial charge in [0.05, 0.1) is 30.5 Å². The molecule has 0 radical (unpaired) electrons. The second kappa shape index (κ2) is 8.05. The Labute approximate surface area is 194 Å². The Morgan fingerprint density at radius 2 is 1.88 bits per heavy atom. The monoisotopic (exact) mass is 481 g/mol. The molecule has 4 aromatic rings. The minimum atomic E-state index is -3.81. The van der Waals surface area contributed by atoms with Crippen LogP contribution in [0.2, 0.25) is 0 Å². The molecule has 1 aliphatic rings. The lowest BCUT2D eigenvalue weighted by atomic mass is 10.1. The quantitative estimate of drug-likeness (QED) is 0.445. The molecule has 2 heterocycles. The minimum absolute atomic E-state index is 0.214. The van der Waals surface area contributed by atoms with Crippen LogP contribution >= 0.6 is 11.3 Å². The standard InChI is InChI=1S/C23H19N3O5S2/c1-30-15-9-10-16(19(11-15)31-2)17-13-32-23(24-17)25-21(27)12-26-18-7-3-5-14-6-4-8-20(22(14)18)33(26,28)29/h3-11,13H,12H2,1-2H3,(H,24,25,27). The number of hydrogen-bond acceptors (Lipinski definition) is 7. The van der Waals surface area contributed by atoms with E-state index < -0.39 is 15.9 Å². The summed E-state index contributed by atoms with van der Waals surface area (Å²) < 4.78 is 37.9. The minimum Gasteiger partial charge on any atom is -0.497 e. The Bertz CT molecular complexity index is 1490. The summed E-state index contributed by atoms with van der Waals surface area (Å²) in [6.45, 7) is -0.350. The number of hydrogen-bond donors (Lipinski definition) is 1. The lowest BCUT2D eigenvalue weighted by molar-refractivity contribution is -0.114. The van der Waals surface area contributed by atoms with Crippen LogP contribution in [0.25, 0.3) is 22.0 Å². The first-order valence-corrected chi connectivity index (χ1v) is 12.3. The van der Waals surface area contributed by atoms with Gasteiger partial charge in [0.1, 0.15) is 18.0 Å². The molecule has 1 aromatic heterocycles. The smallest absolute Gasteiger partial charge is 0.265 e. The van der Waals surface area contributed by atoms with Crippen molar-refractivity contribution in [3.8, 4) is 22.8 Å². The molecule has 0 atom stereocenters. The van der Waals surface area contributed by atoms with Gasteiger partial charge in [-0.1, -0.05) is 24.3 Å². The molecule has 0 fully saturated rings. The molecule has 1 aliphatic heterocycles. The number of carbonyl (C=O) groups is 1. The van der Waals surface area contributed by atoms with E-state index in [0.29, 0.717) is 33.4 Å². The second-order valence-electron chi connectivity index (χ2n) is 7.30. The van der Waals surface area contributed by atoms with Gasteiger partial charge in [-0.15, -0.1) is 11.3 Å². The lowest BCUT2D eigenvalue weighted by Gasteiger charge is -2.17. The molecule has 0 spiro atoms. The highest BCUT2D eigenvalue weighted by atomic mass is 32.2. The van der Waals surface area contributed by atoms with E-state index in [9.17, 15) is 13.2 Å². The van der Waals surface area contributed by atoms with Gasteiger partial charge in [-0.3, -0.25) is 9.10 Å². The number of sulfonamides is 1. The number of rotatable bonds is 6. The molecule has 168 valence electrons. The molecule has 0 unspecified atom stereocenters. The summed E-state index contributed by atoms with van der Waals surface area (Å²) in [6.07, 6.45) is 0. The van der Waals surface area contributed by atoms with E-state index >= 15 is 0 Å². The SMILES string of the molecule is COc1ccc(-c2csc(NC(=O)CN3c4cccc5cccc(c45)S3(=O)=O)n2)c(OC)c1. The van der Waals surface area contributed by atoms with Gasteiger partial charge >= 0.3 is 0 Å². The van der Waals surface area contributed by atoms with Gasteiger partial charge < -0.3 is 14.8 Å². The van der Waals surface area contributed by atoms with Gasteiger partial charge in [0.25, 0.3) is 10.0 Å². The molecule has 0 aliphatic carbocycles. The number of methoxy groups -OCH3 is 2. The largest absolute Gasteiger partial charge is 0.497 e. The number of aromatic nitrogens is 1. The molecule has 33 heavy (non-hydrogen) atoms. The predicted molar refractivity (Wildman–Crippen MR) is 128 cm³/mol. The van der Waals surface area contributed by atoms with Crippen LogP contribution in [0.4, 0.5) is 10.8 Å². The number of nitrogens with zero attached hydrogens (tertiary/aromatic N) is 2. The molecular formula is C23H19N3O5S2. The molecule has 0 saturated heterocycles. The third-order valence-electron chi connectivity index (χ3n) is 5.40. The zero-order valence-electron chi connectivity index (χ0n) is 17.7. The first-order chi connectivity index (χ1) is 15.9. The van der Waals surface area contributed by atoms with Crippen molar-refractivity contribution in [2.24, 2.45) is 0 Å². The maximum Gasteiger partial charge on any atom is 0.265 e. The Hall–Kier alpha value is -3.63. The van der Waals surface area contributed by atoms with Crippen LogP contribution in [-0.4, -0.2) is 40.1 Å². The first-order valence-electron chi connectivity index (χ1n) is 9.94. The zero-order chi connectivity index (χ0) is 23.2. The summed E-state index contributed by atoms with van der Waals surface area (Å²) in [5.74, 6) is 0.764. The Morgan fingerprint density at radius 3 is 2.64 bits per heavy atom. The highest BCUT2D eigenvalue weighted by Crippen LogP contribution is 2.42. The van der Waals surface area contributed by atoms with Crippen molar-refractivity contribution in [2.45, 2.75) is 4.90 Å². The van der Waals surface area contributed by atoms with Crippen molar-refractivity contribution in [2.75, 3.05) is 30.4 Å². The maximum absolute atomic E-state index is 13.1. The zero-order valence-corrected chi connectivity index (χ0v) is 19.4. The highest BCUT2D eigenvalue weighted by molar-refractivity contribution is 7.93. The molecule has 5 rings (SSSR count). The molecule has 8 nitrogen and oxygen atoms in total. The summed E-state index contributed by atoms with van der Waals surface area (Å²) in [6, 6.07) is 15.8. The Balaban J connectivity index is 1.37. The van der Waals surface area contributed by atoms with E-state index in [1.807, 2.05) is 18.2 Å². The van der Waals surface area contributed by atoms with Crippen LogP contribution in [0.3, 0.4) is 0 Å². The fraction of sp³-hybridized carbons (Fsp3) is 0.130. The molecular weight excluding hydrogens is 462 g/mol. The van der Waals surface area contributed by atoms with Crippen molar-refractivity contribution in [1.29, 1.82) is 0 Å². The number of benzene rings is 3. The normalized spacial score (nSPS) is 13.8. The first kappa shape index (κ1) is 21.2. The number of thiazole rings is 1. The van der Waals surface area contributed by atoms with Gasteiger partial charge in [-0.25, -0.2) is 13.4 Å². The summed E-state index contributed by atoms with van der Waals surface area (Å²) in [5.41, 5.74) is 1.88. The molecule has 1 amide bonds. The number of ether oxygens (including phenoxy) is 2. The molecule has 1 N–H and O–H groups in total. The Kier molecular flexibility index (Phi) is 5.18. The lowest BCUT2D eigenvalue weighted by Crippen LogP contribution is -2.35. The molecule has 0 bridgehead atoms. The van der Waals surface area contributed by atoms with Gasteiger partial charge in [0.15, 0.2) is 5.13 Å². The Morgan fingerprint density at radius 1 is 1.09 bits per heavy atom.